The zero-order valence-electron chi connectivity index (χ0n) is 11.2. The first kappa shape index (κ1) is 16.0. The third kappa shape index (κ3) is 2.98. The molecule has 0 aliphatic heterocycles. The summed E-state index contributed by atoms with van der Waals surface area (Å²) in [6.45, 7) is 0.160. The second-order valence-corrected chi connectivity index (χ2v) is 5.76. The molecule has 1 aromatic carbocycles. The molecule has 0 aliphatic rings. The number of aromatic amines is 1. The van der Waals surface area contributed by atoms with Crippen molar-refractivity contribution in [1.29, 1.82) is 0 Å². The fraction of sp³-hybridized carbons (Fsp3) is 0.154. The van der Waals surface area contributed by atoms with Gasteiger partial charge in [0.2, 0.25) is 5.82 Å². The smallest absolute Gasteiger partial charge is 0.308 e. The molecule has 23 heavy (non-hydrogen) atoms. The molecule has 2 heterocycles. The van der Waals surface area contributed by atoms with E-state index in [2.05, 4.69) is 25.9 Å². The second-order valence-electron chi connectivity index (χ2n) is 4.64. The van der Waals surface area contributed by atoms with Gasteiger partial charge in [0, 0.05) is 5.02 Å². The minimum Gasteiger partial charge on any atom is -0.308 e. The van der Waals surface area contributed by atoms with E-state index in [1.807, 2.05) is 0 Å². The summed E-state index contributed by atoms with van der Waals surface area (Å²) in [6.07, 6.45) is -4.76. The highest BCUT2D eigenvalue weighted by molar-refractivity contribution is 9.10. The molecule has 0 unspecified atom stereocenters. The molecule has 0 radical (unpaired) electrons. The Morgan fingerprint density at radius 3 is 2.61 bits per heavy atom. The van der Waals surface area contributed by atoms with Gasteiger partial charge in [0.05, 0.1) is 6.54 Å². The largest absolute Gasteiger partial charge is 0.449 e. The predicted molar refractivity (Wildman–Crippen MR) is 81.4 cm³/mol. The molecule has 10 heteroatoms. The van der Waals surface area contributed by atoms with Gasteiger partial charge in [0.1, 0.15) is 0 Å². The van der Waals surface area contributed by atoms with Crippen LogP contribution in [0.15, 0.2) is 33.8 Å². The Bertz CT molecular complexity index is 951. The van der Waals surface area contributed by atoms with E-state index in [4.69, 9.17) is 11.6 Å². The van der Waals surface area contributed by atoms with Gasteiger partial charge in [-0.1, -0.05) is 29.8 Å². The normalized spacial score (nSPS) is 12.0. The number of rotatable bonds is 2. The van der Waals surface area contributed by atoms with E-state index in [9.17, 15) is 18.0 Å². The highest BCUT2D eigenvalue weighted by Crippen LogP contribution is 2.27. The van der Waals surface area contributed by atoms with Crippen LogP contribution in [0.4, 0.5) is 13.2 Å². The van der Waals surface area contributed by atoms with Crippen molar-refractivity contribution in [3.63, 3.8) is 0 Å². The lowest BCUT2D eigenvalue weighted by Crippen LogP contribution is -2.20. The molecule has 0 bridgehead atoms. The fourth-order valence-electron chi connectivity index (χ4n) is 2.09. The number of alkyl halides is 3. The summed E-state index contributed by atoms with van der Waals surface area (Å²) in [6, 6.07) is 6.93. The zero-order valence-corrected chi connectivity index (χ0v) is 13.5. The monoisotopic (exact) mass is 406 g/mol. The highest BCUT2D eigenvalue weighted by atomic mass is 79.9. The van der Waals surface area contributed by atoms with Crippen molar-refractivity contribution >= 4 is 38.7 Å². The van der Waals surface area contributed by atoms with Crippen LogP contribution in [0.5, 0.6) is 0 Å². The molecule has 3 rings (SSSR count). The Kier molecular flexibility index (Phi) is 3.93. The van der Waals surface area contributed by atoms with Crippen LogP contribution in [0.1, 0.15) is 11.4 Å². The van der Waals surface area contributed by atoms with Gasteiger partial charge in [-0.05, 0) is 27.6 Å². The zero-order chi connectivity index (χ0) is 16.8. The van der Waals surface area contributed by atoms with E-state index >= 15 is 0 Å². The molecule has 0 aliphatic carbocycles. The fourth-order valence-corrected chi connectivity index (χ4v) is 2.76. The van der Waals surface area contributed by atoms with Crippen molar-refractivity contribution in [3.05, 3.63) is 55.8 Å². The quantitative estimate of drug-likeness (QED) is 0.660. The Labute approximate surface area is 140 Å². The Morgan fingerprint density at radius 1 is 1.26 bits per heavy atom. The summed E-state index contributed by atoms with van der Waals surface area (Å²) in [7, 11) is 0. The molecule has 120 valence electrons. The average molecular weight is 408 g/mol. The molecule has 0 fully saturated rings. The number of hydrogen-bond donors (Lipinski definition) is 1. The number of imidazole rings is 1. The predicted octanol–water partition coefficient (Wildman–Crippen LogP) is 3.60. The van der Waals surface area contributed by atoms with Gasteiger partial charge in [0.25, 0.3) is 5.56 Å². The van der Waals surface area contributed by atoms with E-state index in [1.165, 1.54) is 4.57 Å². The van der Waals surface area contributed by atoms with Gasteiger partial charge in [0.15, 0.2) is 15.9 Å². The van der Waals surface area contributed by atoms with Gasteiger partial charge in [-0.25, -0.2) is 9.97 Å². The number of fused-ring (bicyclic) bond motifs is 1. The van der Waals surface area contributed by atoms with Crippen LogP contribution in [0.25, 0.3) is 11.2 Å². The highest BCUT2D eigenvalue weighted by Gasteiger charge is 2.35. The van der Waals surface area contributed by atoms with Crippen molar-refractivity contribution in [3.8, 4) is 0 Å². The van der Waals surface area contributed by atoms with E-state index in [1.54, 1.807) is 29.2 Å². The third-order valence-electron chi connectivity index (χ3n) is 3.12. The summed E-state index contributed by atoms with van der Waals surface area (Å²) in [5.74, 6) is -1.38. The molecule has 1 N–H and O–H groups in total. The van der Waals surface area contributed by atoms with Crippen LogP contribution in [0.2, 0.25) is 5.02 Å². The van der Waals surface area contributed by atoms with Crippen molar-refractivity contribution in [2.45, 2.75) is 12.7 Å². The van der Waals surface area contributed by atoms with Crippen molar-refractivity contribution in [2.75, 3.05) is 0 Å². The number of aromatic nitrogens is 4. The number of nitrogens with one attached hydrogen (secondary N) is 1. The molecule has 3 aromatic rings. The summed E-state index contributed by atoms with van der Waals surface area (Å²) >= 11 is 9.21. The van der Waals surface area contributed by atoms with Crippen molar-refractivity contribution in [2.24, 2.45) is 0 Å². The van der Waals surface area contributed by atoms with E-state index < -0.39 is 17.6 Å². The maximum absolute atomic E-state index is 12.7. The van der Waals surface area contributed by atoms with Crippen molar-refractivity contribution in [1.82, 2.24) is 19.5 Å². The summed E-state index contributed by atoms with van der Waals surface area (Å²) in [4.78, 5) is 21.0. The van der Waals surface area contributed by atoms with Crippen LogP contribution in [0, 0.1) is 0 Å². The number of hydrogen-bond acceptors (Lipinski definition) is 3. The van der Waals surface area contributed by atoms with Crippen LogP contribution < -0.4 is 5.56 Å². The van der Waals surface area contributed by atoms with Gasteiger partial charge >= 0.3 is 6.18 Å². The van der Waals surface area contributed by atoms with Crippen LogP contribution >= 0.6 is 27.5 Å². The summed E-state index contributed by atoms with van der Waals surface area (Å²) in [5, 5.41) is 0.470. The standard InChI is InChI=1S/C13H7BrClF3N4O/c14-12-20-9-8(10(23)21-11(19-9)13(16,17)18)22(12)5-6-3-1-2-4-7(6)15/h1-4H,5H2,(H,19,21,23). The third-order valence-corrected chi connectivity index (χ3v) is 4.10. The summed E-state index contributed by atoms with van der Waals surface area (Å²) < 4.78 is 39.7. The van der Waals surface area contributed by atoms with Gasteiger partial charge in [-0.2, -0.15) is 13.2 Å². The van der Waals surface area contributed by atoms with Crippen LogP contribution in [0.3, 0.4) is 0 Å². The lowest BCUT2D eigenvalue weighted by atomic mass is 10.2. The number of nitrogens with zero attached hydrogens (tertiary/aromatic N) is 3. The SMILES string of the molecule is O=c1[nH]c(C(F)(F)F)nc2nc(Br)n(Cc3ccccc3Cl)c12. The molecular weight excluding hydrogens is 401 g/mol. The Morgan fingerprint density at radius 2 is 1.96 bits per heavy atom. The lowest BCUT2D eigenvalue weighted by molar-refractivity contribution is -0.144. The molecule has 0 saturated carbocycles. The maximum Gasteiger partial charge on any atom is 0.449 e. The minimum absolute atomic E-state index is 0.0650. The van der Waals surface area contributed by atoms with Crippen molar-refractivity contribution < 1.29 is 13.2 Å². The first-order chi connectivity index (χ1) is 10.8. The summed E-state index contributed by atoms with van der Waals surface area (Å²) in [5.41, 5.74) is -0.592. The number of H-pyrrole nitrogens is 1. The van der Waals surface area contributed by atoms with E-state index in [0.29, 0.717) is 10.6 Å². The maximum atomic E-state index is 12.7. The molecule has 0 amide bonds. The van der Waals surface area contributed by atoms with Gasteiger partial charge in [-0.15, -0.1) is 0 Å². The topological polar surface area (TPSA) is 63.6 Å². The molecule has 0 atom stereocenters. The van der Waals surface area contributed by atoms with E-state index in [0.717, 1.165) is 0 Å². The molecule has 0 spiro atoms. The van der Waals surface area contributed by atoms with Gasteiger partial charge < -0.3 is 9.55 Å². The lowest BCUT2D eigenvalue weighted by Gasteiger charge is -2.08. The number of benzene rings is 1. The Balaban J connectivity index is 2.18. The minimum atomic E-state index is -4.76. The molecular formula is C13H7BrClF3N4O. The van der Waals surface area contributed by atoms with Crippen LogP contribution in [-0.4, -0.2) is 19.5 Å². The molecule has 2 aromatic heterocycles. The van der Waals surface area contributed by atoms with E-state index in [-0.39, 0.29) is 22.4 Å². The first-order valence-corrected chi connectivity index (χ1v) is 7.41. The second kappa shape index (κ2) is 5.64. The molecule has 0 saturated heterocycles. The van der Waals surface area contributed by atoms with Gasteiger partial charge in [-0.3, -0.25) is 4.79 Å². The molecule has 5 nitrogen and oxygen atoms in total. The van der Waals surface area contributed by atoms with Crippen LogP contribution in [-0.2, 0) is 12.7 Å². The Hall–Kier alpha value is -1.87. The average Bonchev–Trinajstić information content (AvgIpc) is 2.77. The number of halogens is 5. The first-order valence-electron chi connectivity index (χ1n) is 6.24.